The Morgan fingerprint density at radius 3 is 2.75 bits per heavy atom. The van der Waals surface area contributed by atoms with Crippen LogP contribution in [0.4, 0.5) is 0 Å². The highest BCUT2D eigenvalue weighted by Crippen LogP contribution is 1.58. The lowest BCUT2D eigenvalue weighted by Crippen LogP contribution is -1.38. The largest absolute Gasteiger partial charge is 0.120 e. The van der Waals surface area contributed by atoms with Gasteiger partial charge in [0.15, 0.2) is 0 Å². The third-order valence-corrected chi connectivity index (χ3v) is 0.144. The average molecular weight is 56.1 g/mol. The SMILES string of the molecule is [2H]C([2H])(C)C#C. The van der Waals surface area contributed by atoms with Gasteiger partial charge in [-0.1, -0.05) is 6.92 Å². The molecule has 0 saturated heterocycles. The van der Waals surface area contributed by atoms with Gasteiger partial charge < -0.3 is 0 Å². The fourth-order valence-corrected chi connectivity index (χ4v) is 0. The van der Waals surface area contributed by atoms with E-state index in [1.54, 1.807) is 0 Å². The molecule has 0 atom stereocenters. The van der Waals surface area contributed by atoms with Gasteiger partial charge in [-0.05, 0) is 0 Å². The summed E-state index contributed by atoms with van der Waals surface area (Å²) in [6.45, 7) is 1.34. The van der Waals surface area contributed by atoms with Gasteiger partial charge in [-0.2, -0.15) is 0 Å². The van der Waals surface area contributed by atoms with Gasteiger partial charge in [0.25, 0.3) is 0 Å². The van der Waals surface area contributed by atoms with Crippen molar-refractivity contribution < 1.29 is 2.74 Å². The van der Waals surface area contributed by atoms with Crippen molar-refractivity contribution in [1.82, 2.24) is 0 Å². The molecule has 0 N–H and O–H groups in total. The number of terminal acetylenes is 1. The maximum atomic E-state index is 6.61. The summed E-state index contributed by atoms with van der Waals surface area (Å²) in [5.41, 5.74) is 0. The minimum absolute atomic E-state index is 1.34. The van der Waals surface area contributed by atoms with Gasteiger partial charge in [0.05, 0.1) is 0 Å². The van der Waals surface area contributed by atoms with Crippen LogP contribution in [-0.2, 0) is 0 Å². The molecule has 0 heterocycles. The molecule has 0 bridgehead atoms. The molecule has 0 aliphatic rings. The van der Waals surface area contributed by atoms with Crippen LogP contribution < -0.4 is 0 Å². The van der Waals surface area contributed by atoms with Crippen molar-refractivity contribution in [2.24, 2.45) is 0 Å². The van der Waals surface area contributed by atoms with E-state index in [1.165, 1.54) is 6.92 Å². The summed E-state index contributed by atoms with van der Waals surface area (Å²) >= 11 is 0. The Hall–Kier alpha value is -0.440. The van der Waals surface area contributed by atoms with Crippen LogP contribution in [0.25, 0.3) is 0 Å². The predicted molar refractivity (Wildman–Crippen MR) is 19.1 cm³/mol. The Bertz CT molecular complexity index is 72.5. The van der Waals surface area contributed by atoms with Crippen LogP contribution in [0.1, 0.15) is 16.0 Å². The lowest BCUT2D eigenvalue weighted by molar-refractivity contribution is 1.28. The topological polar surface area (TPSA) is 0 Å². The Morgan fingerprint density at radius 1 is 2.50 bits per heavy atom. The van der Waals surface area contributed by atoms with Gasteiger partial charge in [-0.15, -0.1) is 12.3 Å². The number of rotatable bonds is 0. The van der Waals surface area contributed by atoms with E-state index in [0.29, 0.717) is 0 Å². The summed E-state index contributed by atoms with van der Waals surface area (Å²) in [6, 6.07) is 0. The van der Waals surface area contributed by atoms with Crippen LogP contribution in [0.5, 0.6) is 0 Å². The van der Waals surface area contributed by atoms with Crippen LogP contribution in [0.3, 0.4) is 0 Å². The van der Waals surface area contributed by atoms with Crippen molar-refractivity contribution >= 4 is 0 Å². The van der Waals surface area contributed by atoms with Crippen molar-refractivity contribution in [1.29, 1.82) is 0 Å². The second kappa shape index (κ2) is 2.56. The molecule has 0 radical (unpaired) electrons. The molecule has 4 heavy (non-hydrogen) atoms. The molecule has 0 aromatic heterocycles. The molecule has 0 aliphatic heterocycles. The molecular weight excluding hydrogens is 48.0 g/mol. The van der Waals surface area contributed by atoms with Crippen LogP contribution in [0.15, 0.2) is 0 Å². The lowest BCUT2D eigenvalue weighted by Gasteiger charge is -1.52. The monoisotopic (exact) mass is 56.1 g/mol. The minimum Gasteiger partial charge on any atom is -0.120 e. The molecule has 0 aromatic carbocycles. The third-order valence-electron chi connectivity index (χ3n) is 0.144. The number of hydrogen-bond donors (Lipinski definition) is 0. The molecular formula is C4H6. The van der Waals surface area contributed by atoms with Crippen molar-refractivity contribution in [3.8, 4) is 12.3 Å². The van der Waals surface area contributed by atoms with E-state index in [0.717, 1.165) is 0 Å². The molecule has 0 heteroatoms. The highest BCUT2D eigenvalue weighted by atomic mass is 13.5. The van der Waals surface area contributed by atoms with Gasteiger partial charge in [0, 0.05) is 9.11 Å². The molecule has 0 nitrogen and oxygen atoms in total. The van der Waals surface area contributed by atoms with E-state index in [9.17, 15) is 0 Å². The number of hydrogen-bond acceptors (Lipinski definition) is 0. The summed E-state index contributed by atoms with van der Waals surface area (Å²) in [7, 11) is 0. The van der Waals surface area contributed by atoms with Gasteiger partial charge in [-0.25, -0.2) is 0 Å². The first-order valence-corrected chi connectivity index (χ1v) is 1.04. The zero-order valence-electron chi connectivity index (χ0n) is 4.58. The summed E-state index contributed by atoms with van der Waals surface area (Å²) in [5.74, 6) is 1.94. The van der Waals surface area contributed by atoms with Gasteiger partial charge in [-0.3, -0.25) is 0 Å². The Balaban J connectivity index is 3.55. The van der Waals surface area contributed by atoms with Crippen LogP contribution >= 0.6 is 0 Å². The second-order valence-corrected chi connectivity index (χ2v) is 0.394. The van der Waals surface area contributed by atoms with Crippen molar-refractivity contribution in [2.45, 2.75) is 13.3 Å². The molecule has 0 aromatic rings. The first kappa shape index (κ1) is 1.12. The van der Waals surface area contributed by atoms with Crippen molar-refractivity contribution in [3.63, 3.8) is 0 Å². The van der Waals surface area contributed by atoms with E-state index >= 15 is 0 Å². The first-order valence-electron chi connectivity index (χ1n) is 2.04. The maximum absolute atomic E-state index is 6.61. The van der Waals surface area contributed by atoms with Gasteiger partial charge in [0.1, 0.15) is 0 Å². The van der Waals surface area contributed by atoms with Crippen molar-refractivity contribution in [2.75, 3.05) is 0 Å². The van der Waals surface area contributed by atoms with E-state index in [-0.39, 0.29) is 0 Å². The second-order valence-electron chi connectivity index (χ2n) is 0.394. The fraction of sp³-hybridized carbons (Fsp3) is 0.500. The molecule has 0 spiro atoms. The molecule has 22 valence electrons. The zero-order valence-corrected chi connectivity index (χ0v) is 2.58. The first-order chi connectivity index (χ1) is 2.56. The zero-order chi connectivity index (χ0) is 5.21. The summed E-state index contributed by atoms with van der Waals surface area (Å²) in [6.07, 6.45) is 3.25. The minimum atomic E-state index is -1.43. The maximum Gasteiger partial charge on any atom is 0.0399 e. The van der Waals surface area contributed by atoms with Gasteiger partial charge >= 0.3 is 0 Å². The molecule has 0 aliphatic carbocycles. The van der Waals surface area contributed by atoms with E-state index in [2.05, 4.69) is 6.42 Å². The van der Waals surface area contributed by atoms with Crippen LogP contribution in [0.2, 0.25) is 0 Å². The van der Waals surface area contributed by atoms with E-state index in [4.69, 9.17) is 2.74 Å². The predicted octanol–water partition coefficient (Wildman–Crippen LogP) is 1.03. The molecule has 0 saturated carbocycles. The average Bonchev–Trinajstić information content (AvgIpc) is 1.35. The molecule has 0 fully saturated rings. The summed E-state index contributed by atoms with van der Waals surface area (Å²) in [5, 5.41) is 0. The highest BCUT2D eigenvalue weighted by molar-refractivity contribution is 4.80. The van der Waals surface area contributed by atoms with Crippen molar-refractivity contribution in [3.05, 3.63) is 0 Å². The quantitative estimate of drug-likeness (QED) is 0.363. The van der Waals surface area contributed by atoms with E-state index in [1.807, 2.05) is 5.92 Å². The third kappa shape index (κ3) is 1.56. The molecule has 0 amide bonds. The highest BCUT2D eigenvalue weighted by Gasteiger charge is 1.43. The molecule has 0 unspecified atom stereocenters. The van der Waals surface area contributed by atoms with Gasteiger partial charge in [0.2, 0.25) is 0 Å². The van der Waals surface area contributed by atoms with E-state index < -0.39 is 6.37 Å². The summed E-state index contributed by atoms with van der Waals surface area (Å²) in [4.78, 5) is 0. The Labute approximate surface area is 29.6 Å². The smallest absolute Gasteiger partial charge is 0.0399 e. The lowest BCUT2D eigenvalue weighted by atomic mass is 10.5. The summed E-state index contributed by atoms with van der Waals surface area (Å²) < 4.78 is 13.2. The molecule has 0 rings (SSSR count). The standard InChI is InChI=1S/C4H6/c1-3-4-2/h1H,4H2,2H3/i4D2. The Morgan fingerprint density at radius 2 is 2.75 bits per heavy atom. The normalized spacial score (nSPS) is 16.0. The van der Waals surface area contributed by atoms with Crippen LogP contribution in [0, 0.1) is 12.3 Å². The fourth-order valence-electron chi connectivity index (χ4n) is 0. The Kier molecular flexibility index (Phi) is 0.718. The van der Waals surface area contributed by atoms with Crippen LogP contribution in [-0.4, -0.2) is 0 Å².